The fourth-order valence-corrected chi connectivity index (χ4v) is 6.79. The molecule has 1 aromatic heterocycles. The van der Waals surface area contributed by atoms with Crippen LogP contribution in [0.15, 0.2) is 64.2 Å². The van der Waals surface area contributed by atoms with Crippen molar-refractivity contribution < 1.29 is 27.8 Å². The van der Waals surface area contributed by atoms with Crippen LogP contribution in [0.3, 0.4) is 0 Å². The van der Waals surface area contributed by atoms with Crippen molar-refractivity contribution in [1.82, 2.24) is 9.80 Å². The summed E-state index contributed by atoms with van der Waals surface area (Å²) < 4.78 is 40.3. The first kappa shape index (κ1) is 29.9. The average molecular weight is 588 g/mol. The predicted molar refractivity (Wildman–Crippen MR) is 156 cm³/mol. The molecule has 0 radical (unpaired) electrons. The van der Waals surface area contributed by atoms with Crippen LogP contribution in [-0.2, 0) is 27.8 Å². The minimum Gasteiger partial charge on any atom is -0.497 e. The van der Waals surface area contributed by atoms with Gasteiger partial charge in [0.2, 0.25) is 5.91 Å². The van der Waals surface area contributed by atoms with Crippen molar-refractivity contribution in [3.05, 3.63) is 71.1 Å². The predicted octanol–water partition coefficient (Wildman–Crippen LogP) is 3.84. The van der Waals surface area contributed by atoms with Crippen molar-refractivity contribution in [2.45, 2.75) is 43.2 Å². The largest absolute Gasteiger partial charge is 0.497 e. The summed E-state index contributed by atoms with van der Waals surface area (Å²) in [6.45, 7) is 5.42. The van der Waals surface area contributed by atoms with Gasteiger partial charge < -0.3 is 19.5 Å². The van der Waals surface area contributed by atoms with Gasteiger partial charge >= 0.3 is 0 Å². The fraction of sp³-hybridized carbons (Fsp3) is 0.414. The highest BCUT2D eigenvalue weighted by Crippen LogP contribution is 2.30. The minimum absolute atomic E-state index is 0.0232. The molecular formula is C29H37N3O6S2. The highest BCUT2D eigenvalue weighted by molar-refractivity contribution is 7.94. The first-order chi connectivity index (χ1) is 19.1. The number of benzene rings is 2. The van der Waals surface area contributed by atoms with E-state index in [0.29, 0.717) is 36.6 Å². The molecule has 0 fully saturated rings. The van der Waals surface area contributed by atoms with Crippen LogP contribution in [0.1, 0.15) is 25.0 Å². The topological polar surface area (TPSA) is 108 Å². The van der Waals surface area contributed by atoms with Crippen LogP contribution in [0.25, 0.3) is 0 Å². The summed E-state index contributed by atoms with van der Waals surface area (Å²) in [4.78, 5) is 17.3. The van der Waals surface area contributed by atoms with E-state index in [-0.39, 0.29) is 41.2 Å². The number of sulfonamides is 1. The zero-order valence-corrected chi connectivity index (χ0v) is 24.9. The SMILES string of the molecule is COc1ccc(CN(C)C[C@H]2Oc3ccc(NS(=O)(=O)c4cccs4)cc3CC(=O)N([C@@H](C)CO)C[C@@H]2C)cc1. The molecule has 216 valence electrons. The molecule has 2 N–H and O–H groups in total. The van der Waals surface area contributed by atoms with Gasteiger partial charge in [0.25, 0.3) is 10.0 Å². The Morgan fingerprint density at radius 3 is 2.62 bits per heavy atom. The number of carbonyl (C=O) groups is 1. The van der Waals surface area contributed by atoms with Crippen molar-refractivity contribution in [2.24, 2.45) is 5.92 Å². The summed E-state index contributed by atoms with van der Waals surface area (Å²) in [5.41, 5.74) is 2.07. The summed E-state index contributed by atoms with van der Waals surface area (Å²) in [6, 6.07) is 15.8. The Morgan fingerprint density at radius 1 is 1.23 bits per heavy atom. The van der Waals surface area contributed by atoms with E-state index in [1.807, 2.05) is 45.2 Å². The molecule has 3 aromatic rings. The fourth-order valence-electron chi connectivity index (χ4n) is 4.75. The zero-order valence-electron chi connectivity index (χ0n) is 23.2. The smallest absolute Gasteiger partial charge is 0.271 e. The molecule has 0 unspecified atom stereocenters. The average Bonchev–Trinajstić information content (AvgIpc) is 3.49. The number of nitrogens with one attached hydrogen (secondary N) is 1. The van der Waals surface area contributed by atoms with Gasteiger partial charge in [-0.3, -0.25) is 14.4 Å². The number of rotatable bonds is 10. The number of aliphatic hydroxyl groups is 1. The molecule has 11 heteroatoms. The molecule has 0 aliphatic carbocycles. The second kappa shape index (κ2) is 13.0. The lowest BCUT2D eigenvalue weighted by Gasteiger charge is -2.34. The number of thiophene rings is 1. The standard InChI is InChI=1S/C29H37N3O6S2/c1-20-16-32(21(2)19-33)28(34)15-23-14-24(30-40(35,36)29-6-5-13-39-29)9-12-26(23)38-27(20)18-31(3)17-22-7-10-25(37-4)11-8-22/h5-14,20-21,27,30,33H,15-19H2,1-4H3/t20-,21-,27+/m0/s1. The Kier molecular flexibility index (Phi) is 9.72. The number of nitrogens with zero attached hydrogens (tertiary/aromatic N) is 2. The van der Waals surface area contributed by atoms with E-state index in [2.05, 4.69) is 9.62 Å². The molecule has 0 spiro atoms. The number of anilines is 1. The molecular weight excluding hydrogens is 550 g/mol. The normalized spacial score (nSPS) is 18.8. The van der Waals surface area contributed by atoms with Crippen LogP contribution in [0.5, 0.6) is 11.5 Å². The van der Waals surface area contributed by atoms with Crippen LogP contribution in [-0.4, -0.2) is 75.2 Å². The Bertz CT molecular complexity index is 1380. The number of amides is 1. The summed E-state index contributed by atoms with van der Waals surface area (Å²) in [7, 11) is -0.0821. The number of likely N-dealkylation sites (N-methyl/N-ethyl adjacent to an activating group) is 1. The second-order valence-corrected chi connectivity index (χ2v) is 13.1. The molecule has 0 saturated heterocycles. The van der Waals surface area contributed by atoms with Crippen molar-refractivity contribution in [3.63, 3.8) is 0 Å². The molecule has 0 bridgehead atoms. The molecule has 0 saturated carbocycles. The third-order valence-electron chi connectivity index (χ3n) is 7.03. The molecule has 4 rings (SSSR count). The molecule has 2 aromatic carbocycles. The number of fused-ring (bicyclic) bond motifs is 1. The Hall–Kier alpha value is -3.12. The highest BCUT2D eigenvalue weighted by Gasteiger charge is 2.31. The van der Waals surface area contributed by atoms with E-state index in [9.17, 15) is 18.3 Å². The van der Waals surface area contributed by atoms with E-state index < -0.39 is 10.0 Å². The zero-order chi connectivity index (χ0) is 28.9. The summed E-state index contributed by atoms with van der Waals surface area (Å²) >= 11 is 1.13. The number of hydrogen-bond donors (Lipinski definition) is 2. The quantitative estimate of drug-likeness (QED) is 0.371. The van der Waals surface area contributed by atoms with E-state index in [4.69, 9.17) is 9.47 Å². The van der Waals surface area contributed by atoms with Crippen LogP contribution in [0.4, 0.5) is 5.69 Å². The van der Waals surface area contributed by atoms with Gasteiger partial charge in [-0.05, 0) is 61.3 Å². The van der Waals surface area contributed by atoms with Gasteiger partial charge in [0, 0.05) is 36.8 Å². The van der Waals surface area contributed by atoms with Crippen molar-refractivity contribution in [2.75, 3.05) is 38.6 Å². The van der Waals surface area contributed by atoms with Gasteiger partial charge in [-0.2, -0.15) is 0 Å². The van der Waals surface area contributed by atoms with Gasteiger partial charge in [0.05, 0.1) is 26.2 Å². The lowest BCUT2D eigenvalue weighted by atomic mass is 10.0. The highest BCUT2D eigenvalue weighted by atomic mass is 32.2. The lowest BCUT2D eigenvalue weighted by molar-refractivity contribution is -0.134. The van der Waals surface area contributed by atoms with Gasteiger partial charge in [0.1, 0.15) is 21.8 Å². The molecule has 40 heavy (non-hydrogen) atoms. The molecule has 1 aliphatic rings. The molecule has 1 aliphatic heterocycles. The van der Waals surface area contributed by atoms with Crippen molar-refractivity contribution in [3.8, 4) is 11.5 Å². The third-order valence-corrected chi connectivity index (χ3v) is 9.81. The van der Waals surface area contributed by atoms with Crippen molar-refractivity contribution >= 4 is 33.0 Å². The number of aliphatic hydroxyl groups excluding tert-OH is 1. The first-order valence-corrected chi connectivity index (χ1v) is 15.5. The van der Waals surface area contributed by atoms with Gasteiger partial charge in [-0.25, -0.2) is 8.42 Å². The molecule has 9 nitrogen and oxygen atoms in total. The minimum atomic E-state index is -3.75. The van der Waals surface area contributed by atoms with E-state index in [1.165, 1.54) is 0 Å². The van der Waals surface area contributed by atoms with E-state index >= 15 is 0 Å². The van der Waals surface area contributed by atoms with Gasteiger partial charge in [0.15, 0.2) is 0 Å². The monoisotopic (exact) mass is 587 g/mol. The van der Waals surface area contributed by atoms with Crippen LogP contribution in [0.2, 0.25) is 0 Å². The third kappa shape index (κ3) is 7.34. The van der Waals surface area contributed by atoms with Crippen LogP contribution in [0, 0.1) is 5.92 Å². The van der Waals surface area contributed by atoms with Crippen molar-refractivity contribution in [1.29, 1.82) is 0 Å². The number of ether oxygens (including phenoxy) is 2. The maximum absolute atomic E-state index is 13.4. The molecule has 2 heterocycles. The molecule has 3 atom stereocenters. The van der Waals surface area contributed by atoms with Crippen LogP contribution < -0.4 is 14.2 Å². The first-order valence-electron chi connectivity index (χ1n) is 13.2. The maximum Gasteiger partial charge on any atom is 0.271 e. The molecule has 1 amide bonds. The summed E-state index contributed by atoms with van der Waals surface area (Å²) in [6.07, 6.45) is -0.245. The van der Waals surface area contributed by atoms with Crippen LogP contribution >= 0.6 is 11.3 Å². The number of hydrogen-bond acceptors (Lipinski definition) is 8. The number of methoxy groups -OCH3 is 1. The van der Waals surface area contributed by atoms with E-state index in [0.717, 1.165) is 22.6 Å². The Labute approximate surface area is 240 Å². The van der Waals surface area contributed by atoms with Gasteiger partial charge in [-0.1, -0.05) is 25.1 Å². The van der Waals surface area contributed by atoms with Gasteiger partial charge in [-0.15, -0.1) is 11.3 Å². The van der Waals surface area contributed by atoms with E-state index in [1.54, 1.807) is 47.7 Å². The second-order valence-electron chi connectivity index (χ2n) is 10.3. The summed E-state index contributed by atoms with van der Waals surface area (Å²) in [5.74, 6) is 1.15. The number of carbonyl (C=O) groups excluding carboxylic acids is 1. The Morgan fingerprint density at radius 2 is 1.98 bits per heavy atom. The maximum atomic E-state index is 13.4. The Balaban J connectivity index is 1.60. The summed E-state index contributed by atoms with van der Waals surface area (Å²) in [5, 5.41) is 11.6. The lowest BCUT2D eigenvalue weighted by Crippen LogP contribution is -2.47.